The maximum absolute atomic E-state index is 14.2. The van der Waals surface area contributed by atoms with E-state index in [4.69, 9.17) is 20.2 Å². The Kier molecular flexibility index (Phi) is 4.83. The fraction of sp³-hybridized carbons (Fsp3) is 0.524. The number of ether oxygens (including phenoxy) is 2. The number of fused-ring (bicyclic) bond motifs is 1. The molecule has 3 aliphatic heterocycles. The first kappa shape index (κ1) is 19.6. The van der Waals surface area contributed by atoms with Gasteiger partial charge in [-0.15, -0.1) is 0 Å². The van der Waals surface area contributed by atoms with Gasteiger partial charge in [-0.3, -0.25) is 4.90 Å². The smallest absolute Gasteiger partial charge is 0.253 e. The second kappa shape index (κ2) is 7.40. The van der Waals surface area contributed by atoms with E-state index in [0.717, 1.165) is 35.9 Å². The third-order valence-electron chi connectivity index (χ3n) is 6.17. The molecular formula is C21H25F2N5O2. The summed E-state index contributed by atoms with van der Waals surface area (Å²) in [4.78, 5) is 11.5. The van der Waals surface area contributed by atoms with Gasteiger partial charge >= 0.3 is 0 Å². The van der Waals surface area contributed by atoms with Gasteiger partial charge in [0.25, 0.3) is 5.90 Å². The zero-order valence-electron chi connectivity index (χ0n) is 17.0. The van der Waals surface area contributed by atoms with Gasteiger partial charge in [0.05, 0.1) is 24.0 Å². The number of rotatable bonds is 3. The van der Waals surface area contributed by atoms with Crippen LogP contribution >= 0.6 is 0 Å². The van der Waals surface area contributed by atoms with E-state index < -0.39 is 23.8 Å². The molecule has 30 heavy (non-hydrogen) atoms. The number of hydrogen-bond donors (Lipinski definition) is 1. The molecule has 1 aromatic heterocycles. The lowest BCUT2D eigenvalue weighted by atomic mass is 9.93. The van der Waals surface area contributed by atoms with Gasteiger partial charge in [0.2, 0.25) is 0 Å². The van der Waals surface area contributed by atoms with Crippen LogP contribution in [0, 0.1) is 11.6 Å². The van der Waals surface area contributed by atoms with E-state index in [9.17, 15) is 8.78 Å². The van der Waals surface area contributed by atoms with Gasteiger partial charge in [0, 0.05) is 37.8 Å². The molecule has 7 nitrogen and oxygen atoms in total. The topological polar surface area (TPSA) is 77.9 Å². The van der Waals surface area contributed by atoms with Crippen LogP contribution in [0.2, 0.25) is 0 Å². The Morgan fingerprint density at radius 1 is 1.20 bits per heavy atom. The Bertz CT molecular complexity index is 1010. The van der Waals surface area contributed by atoms with Crippen molar-refractivity contribution in [3.8, 4) is 0 Å². The Morgan fingerprint density at radius 3 is 2.73 bits per heavy atom. The lowest BCUT2D eigenvalue weighted by Crippen LogP contribution is -2.48. The van der Waals surface area contributed by atoms with Crippen molar-refractivity contribution in [3.63, 3.8) is 0 Å². The first-order chi connectivity index (χ1) is 14.4. The van der Waals surface area contributed by atoms with E-state index >= 15 is 0 Å². The third kappa shape index (κ3) is 3.30. The summed E-state index contributed by atoms with van der Waals surface area (Å²) < 4.78 is 41.3. The maximum atomic E-state index is 14.2. The Morgan fingerprint density at radius 2 is 2.03 bits per heavy atom. The number of aliphatic imine (C=N–C) groups is 1. The minimum Gasteiger partial charge on any atom is -0.473 e. The van der Waals surface area contributed by atoms with Gasteiger partial charge in [-0.2, -0.15) is 0 Å². The van der Waals surface area contributed by atoms with Gasteiger partial charge in [0.1, 0.15) is 24.3 Å². The molecule has 0 radical (unpaired) electrons. The summed E-state index contributed by atoms with van der Waals surface area (Å²) >= 11 is 0. The van der Waals surface area contributed by atoms with Crippen molar-refractivity contribution in [1.29, 1.82) is 0 Å². The lowest BCUT2D eigenvalue weighted by Gasteiger charge is -2.38. The normalized spacial score (nSPS) is 29.0. The largest absolute Gasteiger partial charge is 0.473 e. The molecule has 4 heterocycles. The third-order valence-corrected chi connectivity index (χ3v) is 6.17. The molecule has 9 heteroatoms. The molecule has 0 spiro atoms. The van der Waals surface area contributed by atoms with Gasteiger partial charge in [-0.05, 0) is 31.5 Å². The molecule has 2 N–H and O–H groups in total. The second-order valence-corrected chi connectivity index (χ2v) is 8.36. The number of benzene rings is 1. The van der Waals surface area contributed by atoms with E-state index in [1.54, 1.807) is 0 Å². The van der Waals surface area contributed by atoms with Crippen molar-refractivity contribution < 1.29 is 18.3 Å². The van der Waals surface area contributed by atoms with Crippen LogP contribution in [0.5, 0.6) is 0 Å². The maximum Gasteiger partial charge on any atom is 0.253 e. The average molecular weight is 417 g/mol. The van der Waals surface area contributed by atoms with Crippen LogP contribution in [0.4, 0.5) is 8.78 Å². The molecule has 5 rings (SSSR count). The first-order valence-electron chi connectivity index (χ1n) is 10.2. The standard InChI is InChI=1S/C21H25F2N5O2/c1-11-9-30-21(25-11)20-26-17-7-28(8-18(17)27(20)2)13-6-16(24)19(29-10-13)14-5-12(22)3-4-15(14)23/h3-5,11,13,16,19H,6-10,24H2,1-2H3/t11?,13?,16?,19-/m1/s1. The van der Waals surface area contributed by atoms with Gasteiger partial charge in [-0.25, -0.2) is 18.8 Å². The second-order valence-electron chi connectivity index (χ2n) is 8.36. The van der Waals surface area contributed by atoms with Gasteiger partial charge in [-0.1, -0.05) is 0 Å². The van der Waals surface area contributed by atoms with Crippen LogP contribution < -0.4 is 5.73 Å². The van der Waals surface area contributed by atoms with Crippen LogP contribution in [0.25, 0.3) is 0 Å². The fourth-order valence-electron chi connectivity index (χ4n) is 4.55. The monoisotopic (exact) mass is 417 g/mol. The number of nitrogens with zero attached hydrogens (tertiary/aromatic N) is 4. The predicted molar refractivity (Wildman–Crippen MR) is 106 cm³/mol. The van der Waals surface area contributed by atoms with Crippen LogP contribution in [0.3, 0.4) is 0 Å². The van der Waals surface area contributed by atoms with E-state index in [1.807, 2.05) is 18.5 Å². The minimum atomic E-state index is -0.647. The zero-order valence-corrected chi connectivity index (χ0v) is 17.0. The number of hydrogen-bond acceptors (Lipinski definition) is 6. The summed E-state index contributed by atoms with van der Waals surface area (Å²) in [6.07, 6.45) is -0.0133. The number of nitrogens with two attached hydrogens (primary N) is 1. The molecule has 1 saturated heterocycles. The highest BCUT2D eigenvalue weighted by molar-refractivity contribution is 5.92. The molecule has 0 saturated carbocycles. The van der Waals surface area contributed by atoms with E-state index in [2.05, 4.69) is 9.89 Å². The molecule has 0 aliphatic carbocycles. The van der Waals surface area contributed by atoms with Crippen molar-refractivity contribution in [1.82, 2.24) is 14.5 Å². The summed E-state index contributed by atoms with van der Waals surface area (Å²) in [5, 5.41) is 0. The van der Waals surface area contributed by atoms with Crippen LogP contribution in [0.15, 0.2) is 23.2 Å². The highest BCUT2D eigenvalue weighted by atomic mass is 19.1. The Balaban J connectivity index is 1.28. The summed E-state index contributed by atoms with van der Waals surface area (Å²) in [7, 11) is 1.98. The number of aromatic nitrogens is 2. The fourth-order valence-corrected chi connectivity index (χ4v) is 4.55. The lowest BCUT2D eigenvalue weighted by molar-refractivity contribution is -0.0535. The summed E-state index contributed by atoms with van der Waals surface area (Å²) in [6.45, 7) is 4.42. The Hall–Kier alpha value is -2.36. The molecule has 4 atom stereocenters. The molecule has 2 aromatic rings. The van der Waals surface area contributed by atoms with Crippen LogP contribution in [-0.2, 0) is 29.6 Å². The van der Waals surface area contributed by atoms with Gasteiger partial charge < -0.3 is 19.8 Å². The molecule has 1 fully saturated rings. The molecule has 0 amide bonds. The molecule has 1 aromatic carbocycles. The quantitative estimate of drug-likeness (QED) is 0.827. The van der Waals surface area contributed by atoms with Crippen molar-refractivity contribution in [2.45, 2.75) is 50.7 Å². The predicted octanol–water partition coefficient (Wildman–Crippen LogP) is 2.04. The van der Waals surface area contributed by atoms with E-state index in [-0.39, 0.29) is 17.6 Å². The molecule has 160 valence electrons. The van der Waals surface area contributed by atoms with E-state index in [1.165, 1.54) is 6.07 Å². The molecule has 3 aliphatic rings. The molecular weight excluding hydrogens is 392 g/mol. The Labute approximate surface area is 173 Å². The first-order valence-corrected chi connectivity index (χ1v) is 10.2. The van der Waals surface area contributed by atoms with Crippen molar-refractivity contribution in [3.05, 3.63) is 52.6 Å². The van der Waals surface area contributed by atoms with Crippen LogP contribution in [0.1, 0.15) is 42.2 Å². The van der Waals surface area contributed by atoms with Crippen molar-refractivity contribution in [2.75, 3.05) is 13.2 Å². The number of imidazole rings is 1. The van der Waals surface area contributed by atoms with E-state index in [0.29, 0.717) is 32.1 Å². The van der Waals surface area contributed by atoms with Gasteiger partial charge in [0.15, 0.2) is 5.82 Å². The molecule has 0 bridgehead atoms. The van der Waals surface area contributed by atoms with Crippen LogP contribution in [-0.4, -0.2) is 51.7 Å². The SMILES string of the molecule is CC1COC(c2nc3c(n2C)CN(C2CO[C@H](c4cc(F)ccc4F)C(N)C2)C3)=N1. The highest BCUT2D eigenvalue weighted by Gasteiger charge is 2.38. The minimum absolute atomic E-state index is 0.0885. The molecule has 3 unspecified atom stereocenters. The summed E-state index contributed by atoms with van der Waals surface area (Å²) in [5.41, 5.74) is 8.64. The van der Waals surface area contributed by atoms with Crippen molar-refractivity contribution in [2.24, 2.45) is 17.8 Å². The van der Waals surface area contributed by atoms with Crippen molar-refractivity contribution >= 4 is 5.90 Å². The summed E-state index contributed by atoms with van der Waals surface area (Å²) in [5.74, 6) is 0.384. The summed E-state index contributed by atoms with van der Waals surface area (Å²) in [6, 6.07) is 3.21. The zero-order chi connectivity index (χ0) is 21.0. The number of halogens is 2. The highest BCUT2D eigenvalue weighted by Crippen LogP contribution is 2.34. The average Bonchev–Trinajstić information content (AvgIpc) is 3.40.